The summed E-state index contributed by atoms with van der Waals surface area (Å²) in [4.78, 5) is 29.4. The van der Waals surface area contributed by atoms with Gasteiger partial charge < -0.3 is 10.2 Å². The van der Waals surface area contributed by atoms with Gasteiger partial charge in [0.05, 0.1) is 6.42 Å². The van der Waals surface area contributed by atoms with Gasteiger partial charge in [0.1, 0.15) is 6.04 Å². The number of carbonyl (C=O) groups excluding carboxylic acids is 2. The highest BCUT2D eigenvalue weighted by molar-refractivity contribution is 6.30. The van der Waals surface area contributed by atoms with E-state index in [2.05, 4.69) is 5.32 Å². The van der Waals surface area contributed by atoms with Crippen LogP contribution in [0.5, 0.6) is 0 Å². The van der Waals surface area contributed by atoms with Crippen molar-refractivity contribution in [3.05, 3.63) is 106 Å². The van der Waals surface area contributed by atoms with Crippen LogP contribution in [0.3, 0.4) is 0 Å². The molecule has 0 radical (unpaired) electrons. The van der Waals surface area contributed by atoms with Crippen LogP contribution >= 0.6 is 11.6 Å². The number of aryl methyl sites for hydroxylation is 1. The van der Waals surface area contributed by atoms with Gasteiger partial charge in [0.25, 0.3) is 0 Å². The second kappa shape index (κ2) is 12.7. The number of hydrogen-bond donors (Lipinski definition) is 1. The van der Waals surface area contributed by atoms with E-state index in [1.807, 2.05) is 85.8 Å². The van der Waals surface area contributed by atoms with Crippen LogP contribution in [-0.4, -0.2) is 28.8 Å². The highest BCUT2D eigenvalue weighted by Crippen LogP contribution is 2.21. The lowest BCUT2D eigenvalue weighted by molar-refractivity contribution is -0.141. The van der Waals surface area contributed by atoms with Crippen molar-refractivity contribution in [2.45, 2.75) is 70.5 Å². The zero-order valence-electron chi connectivity index (χ0n) is 21.0. The lowest BCUT2D eigenvalue weighted by atomic mass is 9.94. The Kier molecular flexibility index (Phi) is 9.18. The third-order valence-corrected chi connectivity index (χ3v) is 7.14. The monoisotopic (exact) mass is 502 g/mol. The molecule has 3 aromatic rings. The molecule has 0 spiro atoms. The molecule has 36 heavy (non-hydrogen) atoms. The summed E-state index contributed by atoms with van der Waals surface area (Å²) in [6.07, 6.45) is 6.17. The van der Waals surface area contributed by atoms with E-state index in [9.17, 15) is 9.59 Å². The molecule has 5 heteroatoms. The first-order valence-electron chi connectivity index (χ1n) is 12.9. The van der Waals surface area contributed by atoms with Gasteiger partial charge in [0.2, 0.25) is 11.8 Å². The molecule has 1 atom stereocenters. The van der Waals surface area contributed by atoms with Crippen molar-refractivity contribution >= 4 is 23.4 Å². The molecule has 0 aromatic heterocycles. The van der Waals surface area contributed by atoms with Crippen molar-refractivity contribution in [3.8, 4) is 0 Å². The molecule has 3 aromatic carbocycles. The number of benzene rings is 3. The fourth-order valence-corrected chi connectivity index (χ4v) is 5.24. The number of halogens is 1. The third-order valence-electron chi connectivity index (χ3n) is 6.90. The maximum absolute atomic E-state index is 13.9. The number of carbonyl (C=O) groups is 2. The first-order chi connectivity index (χ1) is 17.5. The molecule has 1 aliphatic carbocycles. The highest BCUT2D eigenvalue weighted by atomic mass is 35.5. The van der Waals surface area contributed by atoms with Crippen LogP contribution < -0.4 is 5.32 Å². The molecule has 4 rings (SSSR count). The molecular formula is C31H35ClN2O2. The average Bonchev–Trinajstić information content (AvgIpc) is 2.87. The maximum Gasteiger partial charge on any atom is 0.243 e. The summed E-state index contributed by atoms with van der Waals surface area (Å²) >= 11 is 6.27. The number of rotatable bonds is 9. The highest BCUT2D eigenvalue weighted by Gasteiger charge is 2.32. The Morgan fingerprint density at radius 3 is 2.31 bits per heavy atom. The van der Waals surface area contributed by atoms with Gasteiger partial charge in [-0.2, -0.15) is 0 Å². The van der Waals surface area contributed by atoms with E-state index in [-0.39, 0.29) is 24.3 Å². The molecule has 0 saturated heterocycles. The zero-order valence-corrected chi connectivity index (χ0v) is 21.7. The van der Waals surface area contributed by atoms with E-state index in [0.29, 0.717) is 18.0 Å². The second-order valence-electron chi connectivity index (χ2n) is 9.87. The van der Waals surface area contributed by atoms with Crippen molar-refractivity contribution in [2.75, 3.05) is 0 Å². The Morgan fingerprint density at radius 2 is 1.58 bits per heavy atom. The summed E-state index contributed by atoms with van der Waals surface area (Å²) < 4.78 is 0. The molecule has 0 aliphatic heterocycles. The summed E-state index contributed by atoms with van der Waals surface area (Å²) in [5, 5.41) is 3.90. The van der Waals surface area contributed by atoms with E-state index >= 15 is 0 Å². The maximum atomic E-state index is 13.9. The number of hydrogen-bond acceptors (Lipinski definition) is 2. The zero-order chi connectivity index (χ0) is 25.3. The predicted molar refractivity (Wildman–Crippen MR) is 146 cm³/mol. The van der Waals surface area contributed by atoms with Crippen molar-refractivity contribution in [1.82, 2.24) is 10.2 Å². The topological polar surface area (TPSA) is 49.4 Å². The van der Waals surface area contributed by atoms with Gasteiger partial charge in [0.15, 0.2) is 0 Å². The molecule has 4 nitrogen and oxygen atoms in total. The largest absolute Gasteiger partial charge is 0.352 e. The number of nitrogens with one attached hydrogen (secondary N) is 1. The minimum absolute atomic E-state index is 0.0692. The Morgan fingerprint density at radius 1 is 0.889 bits per heavy atom. The molecule has 188 valence electrons. The molecule has 1 N–H and O–H groups in total. The number of amides is 2. The average molecular weight is 503 g/mol. The van der Waals surface area contributed by atoms with Crippen molar-refractivity contribution in [3.63, 3.8) is 0 Å². The summed E-state index contributed by atoms with van der Waals surface area (Å²) in [5.41, 5.74) is 3.99. The van der Waals surface area contributed by atoms with Crippen LogP contribution in [0.25, 0.3) is 0 Å². The van der Waals surface area contributed by atoms with Crippen LogP contribution in [0.2, 0.25) is 5.02 Å². The molecule has 1 unspecified atom stereocenters. The van der Waals surface area contributed by atoms with Crippen LogP contribution in [0, 0.1) is 6.92 Å². The van der Waals surface area contributed by atoms with Gasteiger partial charge in [-0.05, 0) is 48.6 Å². The summed E-state index contributed by atoms with van der Waals surface area (Å²) in [6.45, 7) is 2.34. The molecule has 0 bridgehead atoms. The van der Waals surface area contributed by atoms with E-state index in [1.54, 1.807) is 4.90 Å². The van der Waals surface area contributed by atoms with Gasteiger partial charge in [-0.25, -0.2) is 0 Å². The minimum atomic E-state index is -0.620. The standard InChI is InChI=1S/C31H35ClN2O2/c1-23-10-8-13-25(18-23)21-30(35)34(22-26-14-9-15-27(32)19-26)29(20-24-11-4-2-5-12-24)31(36)33-28-16-6-3-7-17-28/h2,4-5,8-15,18-19,28-29H,3,6-7,16-17,20-22H2,1H3,(H,33,36). The Balaban J connectivity index is 1.65. The van der Waals surface area contributed by atoms with Crippen LogP contribution in [-0.2, 0) is 29.0 Å². The molecule has 2 amide bonds. The quantitative estimate of drug-likeness (QED) is 0.374. The van der Waals surface area contributed by atoms with E-state index in [4.69, 9.17) is 11.6 Å². The summed E-state index contributed by atoms with van der Waals surface area (Å²) in [6, 6.07) is 25.0. The molecule has 1 aliphatic rings. The molecule has 0 heterocycles. The number of nitrogens with zero attached hydrogens (tertiary/aromatic N) is 1. The molecular weight excluding hydrogens is 468 g/mol. The summed E-state index contributed by atoms with van der Waals surface area (Å²) in [5.74, 6) is -0.148. The molecule has 1 fully saturated rings. The van der Waals surface area contributed by atoms with Gasteiger partial charge in [-0.15, -0.1) is 0 Å². The van der Waals surface area contributed by atoms with Crippen LogP contribution in [0.15, 0.2) is 78.9 Å². The first-order valence-corrected chi connectivity index (χ1v) is 13.3. The van der Waals surface area contributed by atoms with E-state index < -0.39 is 6.04 Å². The fourth-order valence-electron chi connectivity index (χ4n) is 5.03. The van der Waals surface area contributed by atoms with Crippen molar-refractivity contribution < 1.29 is 9.59 Å². The Bertz CT molecular complexity index is 1160. The van der Waals surface area contributed by atoms with Crippen LogP contribution in [0.1, 0.15) is 54.4 Å². The SMILES string of the molecule is Cc1cccc(CC(=O)N(Cc2cccc(Cl)c2)C(Cc2ccccc2)C(=O)NC2CCCCC2)c1. The summed E-state index contributed by atoms with van der Waals surface area (Å²) in [7, 11) is 0. The second-order valence-corrected chi connectivity index (χ2v) is 10.3. The Hall–Kier alpha value is -3.11. The van der Waals surface area contributed by atoms with E-state index in [1.165, 1.54) is 6.42 Å². The van der Waals surface area contributed by atoms with Gasteiger partial charge in [-0.1, -0.05) is 103 Å². The predicted octanol–water partition coefficient (Wildman–Crippen LogP) is 6.28. The normalized spacial score (nSPS) is 14.7. The lowest BCUT2D eigenvalue weighted by Gasteiger charge is -2.33. The van der Waals surface area contributed by atoms with Crippen molar-refractivity contribution in [2.24, 2.45) is 0 Å². The van der Waals surface area contributed by atoms with Crippen LogP contribution in [0.4, 0.5) is 0 Å². The van der Waals surface area contributed by atoms with Gasteiger partial charge in [-0.3, -0.25) is 9.59 Å². The smallest absolute Gasteiger partial charge is 0.243 e. The first kappa shape index (κ1) is 26.0. The van der Waals surface area contributed by atoms with Crippen molar-refractivity contribution in [1.29, 1.82) is 0 Å². The Labute approximate surface area is 219 Å². The fraction of sp³-hybridized carbons (Fsp3) is 0.355. The third kappa shape index (κ3) is 7.44. The van der Waals surface area contributed by atoms with Gasteiger partial charge >= 0.3 is 0 Å². The minimum Gasteiger partial charge on any atom is -0.352 e. The lowest BCUT2D eigenvalue weighted by Crippen LogP contribution is -2.53. The van der Waals surface area contributed by atoms with E-state index in [0.717, 1.165) is 47.9 Å². The van der Waals surface area contributed by atoms with Gasteiger partial charge in [0, 0.05) is 24.0 Å². The molecule has 1 saturated carbocycles.